The summed E-state index contributed by atoms with van der Waals surface area (Å²) in [5, 5.41) is 1.11. The van der Waals surface area contributed by atoms with Crippen molar-refractivity contribution >= 4 is 24.4 Å². The van der Waals surface area contributed by atoms with Crippen LogP contribution in [0.4, 0.5) is 0 Å². The Morgan fingerprint density at radius 2 is 2.13 bits per heavy atom. The highest BCUT2D eigenvalue weighted by molar-refractivity contribution is 7.99. The van der Waals surface area contributed by atoms with E-state index in [1.807, 2.05) is 30.1 Å². The standard InChI is InChI=1S/C12H19NS2/c1-12(2,3)10(8-14)9-15-11-6-4-5-7-13-11/h4-7,10,14H,8-9H2,1-3H3. The molecule has 3 heteroatoms. The predicted octanol–water partition coefficient (Wildman–Crippen LogP) is 3.77. The normalized spacial score (nSPS) is 13.9. The molecule has 1 aromatic heterocycles. The third kappa shape index (κ3) is 4.47. The summed E-state index contributed by atoms with van der Waals surface area (Å²) in [7, 11) is 0. The first-order chi connectivity index (χ1) is 7.04. The van der Waals surface area contributed by atoms with Crippen LogP contribution in [-0.2, 0) is 0 Å². The molecule has 15 heavy (non-hydrogen) atoms. The van der Waals surface area contributed by atoms with Crippen molar-refractivity contribution in [3.63, 3.8) is 0 Å². The van der Waals surface area contributed by atoms with E-state index < -0.39 is 0 Å². The Morgan fingerprint density at radius 1 is 1.40 bits per heavy atom. The Balaban J connectivity index is 2.49. The Labute approximate surface area is 102 Å². The number of nitrogens with zero attached hydrogens (tertiary/aromatic N) is 1. The molecule has 0 N–H and O–H groups in total. The summed E-state index contributed by atoms with van der Waals surface area (Å²) in [6.07, 6.45) is 1.84. The van der Waals surface area contributed by atoms with Crippen LogP contribution in [0.3, 0.4) is 0 Å². The molecule has 1 unspecified atom stereocenters. The van der Waals surface area contributed by atoms with Crippen molar-refractivity contribution in [1.29, 1.82) is 0 Å². The molecule has 1 rings (SSSR count). The molecule has 0 radical (unpaired) electrons. The summed E-state index contributed by atoms with van der Waals surface area (Å²) < 4.78 is 0. The highest BCUT2D eigenvalue weighted by Gasteiger charge is 2.23. The van der Waals surface area contributed by atoms with Crippen LogP contribution in [-0.4, -0.2) is 16.5 Å². The second kappa shape index (κ2) is 5.80. The smallest absolute Gasteiger partial charge is 0.0959 e. The van der Waals surface area contributed by atoms with Gasteiger partial charge in [0, 0.05) is 11.9 Å². The zero-order chi connectivity index (χ0) is 11.3. The average Bonchev–Trinajstić information content (AvgIpc) is 2.18. The van der Waals surface area contributed by atoms with E-state index in [4.69, 9.17) is 0 Å². The van der Waals surface area contributed by atoms with Crippen LogP contribution < -0.4 is 0 Å². The summed E-state index contributed by atoms with van der Waals surface area (Å²) in [5.74, 6) is 2.64. The highest BCUT2D eigenvalue weighted by Crippen LogP contribution is 2.31. The van der Waals surface area contributed by atoms with Gasteiger partial charge in [-0.05, 0) is 29.2 Å². The van der Waals surface area contributed by atoms with Crippen LogP contribution in [0, 0.1) is 11.3 Å². The maximum absolute atomic E-state index is 4.42. The largest absolute Gasteiger partial charge is 0.250 e. The van der Waals surface area contributed by atoms with Gasteiger partial charge in [-0.1, -0.05) is 26.8 Å². The lowest BCUT2D eigenvalue weighted by molar-refractivity contribution is 0.294. The monoisotopic (exact) mass is 241 g/mol. The molecule has 1 nitrogen and oxygen atoms in total. The van der Waals surface area contributed by atoms with Gasteiger partial charge in [-0.2, -0.15) is 12.6 Å². The maximum atomic E-state index is 4.42. The fourth-order valence-electron chi connectivity index (χ4n) is 1.20. The van der Waals surface area contributed by atoms with Gasteiger partial charge in [0.1, 0.15) is 0 Å². The Kier molecular flexibility index (Phi) is 5.00. The fourth-order valence-corrected chi connectivity index (χ4v) is 3.35. The van der Waals surface area contributed by atoms with E-state index in [-0.39, 0.29) is 0 Å². The van der Waals surface area contributed by atoms with E-state index in [0.717, 1.165) is 16.5 Å². The molecule has 0 aliphatic rings. The van der Waals surface area contributed by atoms with Crippen molar-refractivity contribution in [3.05, 3.63) is 24.4 Å². The molecule has 0 amide bonds. The SMILES string of the molecule is CC(C)(C)C(CS)CSc1ccccn1. The summed E-state index contributed by atoms with van der Waals surface area (Å²) in [5.41, 5.74) is 0.323. The van der Waals surface area contributed by atoms with Gasteiger partial charge in [0.25, 0.3) is 0 Å². The molecule has 0 aliphatic heterocycles. The molecule has 0 aliphatic carbocycles. The second-order valence-electron chi connectivity index (χ2n) is 4.72. The van der Waals surface area contributed by atoms with Crippen LogP contribution in [0.15, 0.2) is 29.4 Å². The van der Waals surface area contributed by atoms with Crippen LogP contribution in [0.2, 0.25) is 0 Å². The topological polar surface area (TPSA) is 12.9 Å². The molecular formula is C12H19NS2. The van der Waals surface area contributed by atoms with Gasteiger partial charge < -0.3 is 0 Å². The third-order valence-electron chi connectivity index (χ3n) is 2.52. The van der Waals surface area contributed by atoms with Crippen LogP contribution in [0.25, 0.3) is 0 Å². The number of aromatic nitrogens is 1. The molecule has 0 spiro atoms. The molecule has 1 atom stereocenters. The third-order valence-corrected chi connectivity index (χ3v) is 4.06. The second-order valence-corrected chi connectivity index (χ2v) is 6.13. The fraction of sp³-hybridized carbons (Fsp3) is 0.583. The molecule has 1 aromatic rings. The molecule has 84 valence electrons. The van der Waals surface area contributed by atoms with Gasteiger partial charge in [-0.15, -0.1) is 11.8 Å². The number of hydrogen-bond acceptors (Lipinski definition) is 3. The first-order valence-electron chi connectivity index (χ1n) is 5.18. The first kappa shape index (κ1) is 12.9. The molecule has 0 saturated carbocycles. The number of thiol groups is 1. The lowest BCUT2D eigenvalue weighted by Gasteiger charge is -2.28. The summed E-state index contributed by atoms with van der Waals surface area (Å²) in [6, 6.07) is 6.04. The van der Waals surface area contributed by atoms with E-state index in [2.05, 4.69) is 44.5 Å². The molecule has 0 saturated heterocycles. The van der Waals surface area contributed by atoms with Crippen molar-refractivity contribution in [2.75, 3.05) is 11.5 Å². The quantitative estimate of drug-likeness (QED) is 0.636. The minimum absolute atomic E-state index is 0.323. The molecule has 0 bridgehead atoms. The minimum Gasteiger partial charge on any atom is -0.250 e. The van der Waals surface area contributed by atoms with Gasteiger partial charge in [-0.3, -0.25) is 0 Å². The van der Waals surface area contributed by atoms with Gasteiger partial charge in [0.05, 0.1) is 5.03 Å². The molecular weight excluding hydrogens is 222 g/mol. The molecule has 0 fully saturated rings. The van der Waals surface area contributed by atoms with Crippen molar-refractivity contribution in [3.8, 4) is 0 Å². The molecule has 1 heterocycles. The van der Waals surface area contributed by atoms with E-state index in [1.165, 1.54) is 0 Å². The number of thioether (sulfide) groups is 1. The van der Waals surface area contributed by atoms with Crippen molar-refractivity contribution < 1.29 is 0 Å². The van der Waals surface area contributed by atoms with E-state index in [9.17, 15) is 0 Å². The van der Waals surface area contributed by atoms with Crippen LogP contribution in [0.1, 0.15) is 20.8 Å². The van der Waals surface area contributed by atoms with Gasteiger partial charge in [0.2, 0.25) is 0 Å². The zero-order valence-corrected chi connectivity index (χ0v) is 11.3. The minimum atomic E-state index is 0.323. The Morgan fingerprint density at radius 3 is 2.60 bits per heavy atom. The van der Waals surface area contributed by atoms with E-state index in [1.54, 1.807) is 0 Å². The summed E-state index contributed by atoms with van der Waals surface area (Å²) in [4.78, 5) is 4.31. The number of rotatable bonds is 4. The summed E-state index contributed by atoms with van der Waals surface area (Å²) in [6.45, 7) is 6.81. The molecule has 0 aromatic carbocycles. The lowest BCUT2D eigenvalue weighted by atomic mass is 9.83. The lowest BCUT2D eigenvalue weighted by Crippen LogP contribution is -2.24. The van der Waals surface area contributed by atoms with Crippen molar-refractivity contribution in [1.82, 2.24) is 4.98 Å². The Bertz CT molecular complexity index is 279. The zero-order valence-electron chi connectivity index (χ0n) is 9.60. The van der Waals surface area contributed by atoms with E-state index in [0.29, 0.717) is 11.3 Å². The van der Waals surface area contributed by atoms with E-state index >= 15 is 0 Å². The van der Waals surface area contributed by atoms with Gasteiger partial charge in [0.15, 0.2) is 0 Å². The highest BCUT2D eigenvalue weighted by atomic mass is 32.2. The Hall–Kier alpha value is -0.150. The predicted molar refractivity (Wildman–Crippen MR) is 71.8 cm³/mol. The first-order valence-corrected chi connectivity index (χ1v) is 6.80. The number of hydrogen-bond donors (Lipinski definition) is 1. The number of pyridine rings is 1. The average molecular weight is 241 g/mol. The van der Waals surface area contributed by atoms with Gasteiger partial charge in [-0.25, -0.2) is 4.98 Å². The van der Waals surface area contributed by atoms with Crippen molar-refractivity contribution in [2.45, 2.75) is 25.8 Å². The van der Waals surface area contributed by atoms with Crippen LogP contribution in [0.5, 0.6) is 0 Å². The summed E-state index contributed by atoms with van der Waals surface area (Å²) >= 11 is 6.24. The van der Waals surface area contributed by atoms with Crippen molar-refractivity contribution in [2.24, 2.45) is 11.3 Å². The van der Waals surface area contributed by atoms with Gasteiger partial charge >= 0.3 is 0 Å². The van der Waals surface area contributed by atoms with Crippen LogP contribution >= 0.6 is 24.4 Å². The maximum Gasteiger partial charge on any atom is 0.0959 e.